The van der Waals surface area contributed by atoms with Crippen molar-refractivity contribution in [2.45, 2.75) is 70.0 Å². The number of methoxy groups -OCH3 is 1. The van der Waals surface area contributed by atoms with Crippen LogP contribution in [0.4, 0.5) is 5.69 Å². The van der Waals surface area contributed by atoms with Crippen molar-refractivity contribution in [1.29, 1.82) is 0 Å². The van der Waals surface area contributed by atoms with Gasteiger partial charge in [-0.3, -0.25) is 4.79 Å². The van der Waals surface area contributed by atoms with E-state index in [4.69, 9.17) is 9.47 Å². The largest absolute Gasteiger partial charge is 0.490 e. The lowest BCUT2D eigenvalue weighted by atomic mass is 9.78. The molecule has 0 saturated heterocycles. The van der Waals surface area contributed by atoms with E-state index < -0.39 is 5.60 Å². The van der Waals surface area contributed by atoms with Crippen LogP contribution in [0, 0.1) is 5.92 Å². The normalized spacial score (nSPS) is 27.8. The molecule has 0 bridgehead atoms. The lowest BCUT2D eigenvalue weighted by Gasteiger charge is -2.37. The van der Waals surface area contributed by atoms with Gasteiger partial charge in [-0.25, -0.2) is 0 Å². The number of carbonyl (C=O) groups excluding carboxylic acids is 1. The van der Waals surface area contributed by atoms with Gasteiger partial charge in [0.15, 0.2) is 0 Å². The molecule has 2 saturated carbocycles. The molecule has 1 amide bonds. The molecule has 132 valence electrons. The Morgan fingerprint density at radius 3 is 2.46 bits per heavy atom. The Balaban J connectivity index is 1.61. The minimum Gasteiger partial charge on any atom is -0.490 e. The third kappa shape index (κ3) is 3.92. The third-order valence-electron chi connectivity index (χ3n) is 5.48. The van der Waals surface area contributed by atoms with Crippen LogP contribution in [0.15, 0.2) is 24.3 Å². The highest BCUT2D eigenvalue weighted by molar-refractivity contribution is 5.97. The fraction of sp³-hybridized carbons (Fsp3) is 0.650. The van der Waals surface area contributed by atoms with Gasteiger partial charge < -0.3 is 14.8 Å². The summed E-state index contributed by atoms with van der Waals surface area (Å²) in [5.74, 6) is 1.38. The summed E-state index contributed by atoms with van der Waals surface area (Å²) in [5, 5.41) is 3.03. The van der Waals surface area contributed by atoms with Crippen LogP contribution in [0.5, 0.6) is 5.75 Å². The van der Waals surface area contributed by atoms with Crippen molar-refractivity contribution in [3.8, 4) is 5.75 Å². The zero-order chi connectivity index (χ0) is 17.0. The molecule has 0 aliphatic heterocycles. The molecule has 1 N–H and O–H groups in total. The van der Waals surface area contributed by atoms with E-state index >= 15 is 0 Å². The quantitative estimate of drug-likeness (QED) is 0.861. The van der Waals surface area contributed by atoms with Gasteiger partial charge >= 0.3 is 0 Å². The smallest absolute Gasteiger partial charge is 0.256 e. The summed E-state index contributed by atoms with van der Waals surface area (Å²) in [4.78, 5) is 12.8. The lowest BCUT2D eigenvalue weighted by molar-refractivity contribution is -0.143. The van der Waals surface area contributed by atoms with Crippen LogP contribution in [0.1, 0.15) is 58.3 Å². The Morgan fingerprint density at radius 2 is 1.83 bits per heavy atom. The number of carbonyl (C=O) groups is 1. The number of hydrogen-bond donors (Lipinski definition) is 1. The van der Waals surface area contributed by atoms with Crippen LogP contribution in [0.3, 0.4) is 0 Å². The predicted molar refractivity (Wildman–Crippen MR) is 95.3 cm³/mol. The van der Waals surface area contributed by atoms with Crippen molar-refractivity contribution >= 4 is 11.6 Å². The Labute approximate surface area is 144 Å². The monoisotopic (exact) mass is 331 g/mol. The van der Waals surface area contributed by atoms with E-state index in [9.17, 15) is 4.79 Å². The van der Waals surface area contributed by atoms with Crippen molar-refractivity contribution in [3.05, 3.63) is 24.3 Å². The fourth-order valence-electron chi connectivity index (χ4n) is 4.05. The first-order chi connectivity index (χ1) is 11.6. The van der Waals surface area contributed by atoms with Crippen LogP contribution in [-0.4, -0.2) is 24.7 Å². The van der Waals surface area contributed by atoms with Crippen LogP contribution >= 0.6 is 0 Å². The number of rotatable bonds is 5. The summed E-state index contributed by atoms with van der Waals surface area (Å²) in [7, 11) is 1.65. The minimum atomic E-state index is -0.684. The average Bonchev–Trinajstić information content (AvgIpc) is 3.09. The van der Waals surface area contributed by atoms with Crippen LogP contribution in [0.2, 0.25) is 0 Å². The lowest BCUT2D eigenvalue weighted by Crippen LogP contribution is -2.47. The molecule has 1 aromatic rings. The van der Waals surface area contributed by atoms with Gasteiger partial charge in [-0.15, -0.1) is 0 Å². The molecule has 0 spiro atoms. The van der Waals surface area contributed by atoms with Crippen LogP contribution < -0.4 is 10.1 Å². The molecular weight excluding hydrogens is 302 g/mol. The second-order valence-electron chi connectivity index (χ2n) is 7.40. The summed E-state index contributed by atoms with van der Waals surface area (Å²) in [6.07, 6.45) is 8.96. The Morgan fingerprint density at radius 1 is 1.12 bits per heavy atom. The van der Waals surface area contributed by atoms with Gasteiger partial charge in [-0.2, -0.15) is 0 Å². The Hall–Kier alpha value is -1.55. The zero-order valence-electron chi connectivity index (χ0n) is 14.8. The third-order valence-corrected chi connectivity index (χ3v) is 5.48. The van der Waals surface area contributed by atoms with Gasteiger partial charge in [-0.05, 0) is 75.1 Å². The second-order valence-corrected chi connectivity index (χ2v) is 7.40. The predicted octanol–water partition coefficient (Wildman–Crippen LogP) is 4.54. The topological polar surface area (TPSA) is 47.6 Å². The first-order valence-electron chi connectivity index (χ1n) is 9.25. The van der Waals surface area contributed by atoms with Crippen molar-refractivity contribution in [3.63, 3.8) is 0 Å². The van der Waals surface area contributed by atoms with Gasteiger partial charge in [0.1, 0.15) is 11.4 Å². The van der Waals surface area contributed by atoms with Crippen molar-refractivity contribution in [1.82, 2.24) is 0 Å². The standard InChI is InChI=1S/C20H29NO3/c1-15-6-5-13-20(14-15,23-2)19(22)21-16-9-11-18(12-10-16)24-17-7-3-4-8-17/h9-12,15,17H,3-8,13-14H2,1-2H3,(H,21,22)/t15-,20-/m1/s1. The van der Waals surface area contributed by atoms with E-state index in [1.807, 2.05) is 24.3 Å². The zero-order valence-corrected chi connectivity index (χ0v) is 14.8. The number of benzene rings is 1. The molecule has 4 nitrogen and oxygen atoms in total. The summed E-state index contributed by atoms with van der Waals surface area (Å²) in [5.41, 5.74) is 0.116. The highest BCUT2D eigenvalue weighted by Gasteiger charge is 2.41. The van der Waals surface area contributed by atoms with Crippen LogP contribution in [0.25, 0.3) is 0 Å². The van der Waals surface area contributed by atoms with E-state index in [0.717, 1.165) is 43.5 Å². The van der Waals surface area contributed by atoms with E-state index in [0.29, 0.717) is 12.0 Å². The fourth-order valence-corrected chi connectivity index (χ4v) is 4.05. The maximum Gasteiger partial charge on any atom is 0.256 e. The van der Waals surface area contributed by atoms with Crippen molar-refractivity contribution in [2.24, 2.45) is 5.92 Å². The molecule has 2 fully saturated rings. The molecule has 0 heterocycles. The summed E-state index contributed by atoms with van der Waals surface area (Å²) in [6, 6.07) is 7.71. The van der Waals surface area contributed by atoms with Crippen molar-refractivity contribution in [2.75, 3.05) is 12.4 Å². The molecular formula is C20H29NO3. The maximum atomic E-state index is 12.8. The number of ether oxygens (including phenoxy) is 2. The SMILES string of the molecule is CO[C@]1(C(=O)Nc2ccc(OC3CCCC3)cc2)CCC[C@@H](C)C1. The van der Waals surface area contributed by atoms with Crippen LogP contribution in [-0.2, 0) is 9.53 Å². The molecule has 24 heavy (non-hydrogen) atoms. The average molecular weight is 331 g/mol. The van der Waals surface area contributed by atoms with Crippen molar-refractivity contribution < 1.29 is 14.3 Å². The molecule has 0 unspecified atom stereocenters. The van der Waals surface area contributed by atoms with E-state index in [2.05, 4.69) is 12.2 Å². The number of anilines is 1. The number of amides is 1. The first-order valence-corrected chi connectivity index (χ1v) is 9.25. The molecule has 4 heteroatoms. The minimum absolute atomic E-state index is 0.0268. The van der Waals surface area contributed by atoms with E-state index in [1.165, 1.54) is 19.3 Å². The highest BCUT2D eigenvalue weighted by Crippen LogP contribution is 2.36. The molecule has 2 atom stereocenters. The molecule has 3 rings (SSSR count). The first kappa shape index (κ1) is 17.3. The molecule has 2 aliphatic carbocycles. The van der Waals surface area contributed by atoms with E-state index in [1.54, 1.807) is 7.11 Å². The van der Waals surface area contributed by atoms with Gasteiger partial charge in [0.05, 0.1) is 6.10 Å². The van der Waals surface area contributed by atoms with E-state index in [-0.39, 0.29) is 5.91 Å². The summed E-state index contributed by atoms with van der Waals surface area (Å²) in [6.45, 7) is 2.19. The Bertz CT molecular complexity index is 551. The molecule has 2 aliphatic rings. The summed E-state index contributed by atoms with van der Waals surface area (Å²) < 4.78 is 11.6. The summed E-state index contributed by atoms with van der Waals surface area (Å²) >= 11 is 0. The molecule has 0 radical (unpaired) electrons. The highest BCUT2D eigenvalue weighted by atomic mass is 16.5. The van der Waals surface area contributed by atoms with Gasteiger partial charge in [0.25, 0.3) is 5.91 Å². The maximum absolute atomic E-state index is 12.8. The number of hydrogen-bond acceptors (Lipinski definition) is 3. The second kappa shape index (κ2) is 7.56. The van der Waals surface area contributed by atoms with Gasteiger partial charge in [0, 0.05) is 12.8 Å². The van der Waals surface area contributed by atoms with Gasteiger partial charge in [0.2, 0.25) is 0 Å². The molecule has 1 aromatic carbocycles. The Kier molecular flexibility index (Phi) is 5.44. The van der Waals surface area contributed by atoms with Gasteiger partial charge in [-0.1, -0.05) is 13.3 Å². The number of nitrogens with one attached hydrogen (secondary N) is 1. The molecule has 0 aromatic heterocycles.